The minimum atomic E-state index is -0.333. The number of ether oxygens (including phenoxy) is 1. The monoisotopic (exact) mass is 380 g/mol. The molecule has 26 heavy (non-hydrogen) atoms. The van der Waals surface area contributed by atoms with Crippen LogP contribution < -0.4 is 15.4 Å². The second kappa shape index (κ2) is 9.26. The topological polar surface area (TPSA) is 88.4 Å². The van der Waals surface area contributed by atoms with Crippen LogP contribution in [-0.2, 0) is 9.59 Å². The van der Waals surface area contributed by atoms with E-state index in [1.54, 1.807) is 31.5 Å². The molecule has 1 aromatic carbocycles. The summed E-state index contributed by atoms with van der Waals surface area (Å²) in [5.74, 6) is 0.806. The summed E-state index contributed by atoms with van der Waals surface area (Å²) in [5.41, 5.74) is 0.462. The highest BCUT2D eigenvalue weighted by Gasteiger charge is 2.18. The van der Waals surface area contributed by atoms with Crippen LogP contribution in [0.5, 0.6) is 5.75 Å². The molecule has 0 spiro atoms. The van der Waals surface area contributed by atoms with E-state index in [0.717, 1.165) is 5.76 Å². The molecule has 0 aliphatic carbocycles. The minimum absolute atomic E-state index is 0.0203. The van der Waals surface area contributed by atoms with Gasteiger partial charge in [0.05, 0.1) is 25.6 Å². The summed E-state index contributed by atoms with van der Waals surface area (Å²) in [6.07, 6.45) is 1.60. The second-order valence-corrected chi connectivity index (χ2v) is 6.32. The first kappa shape index (κ1) is 19.8. The van der Waals surface area contributed by atoms with Crippen molar-refractivity contribution in [3.05, 3.63) is 47.4 Å². The molecule has 2 amide bonds. The fourth-order valence-corrected chi connectivity index (χ4v) is 2.54. The number of rotatable bonds is 8. The highest BCUT2D eigenvalue weighted by atomic mass is 35.5. The molecule has 0 bridgehead atoms. The van der Waals surface area contributed by atoms with Crippen LogP contribution in [0, 0.1) is 0 Å². The summed E-state index contributed by atoms with van der Waals surface area (Å²) in [6.45, 7) is 2.09. The van der Waals surface area contributed by atoms with Crippen molar-refractivity contribution < 1.29 is 24.1 Å². The van der Waals surface area contributed by atoms with Crippen LogP contribution in [0.1, 0.15) is 18.7 Å². The van der Waals surface area contributed by atoms with E-state index in [0.29, 0.717) is 16.5 Å². The minimum Gasteiger partial charge on any atom is -0.495 e. The van der Waals surface area contributed by atoms with Crippen LogP contribution >= 0.6 is 11.6 Å². The van der Waals surface area contributed by atoms with E-state index in [9.17, 15) is 9.59 Å². The van der Waals surface area contributed by atoms with Crippen molar-refractivity contribution in [1.29, 1.82) is 0 Å². The number of nitrogens with zero attached hydrogens (tertiary/aromatic N) is 1. The van der Waals surface area contributed by atoms with E-state index in [2.05, 4.69) is 5.32 Å². The van der Waals surface area contributed by atoms with Gasteiger partial charge in [-0.05, 0) is 37.3 Å². The SMILES string of the molecule is COc1ccc(Cl)cc1NC(=O)CN(C)C(=O)C[NH2+][C@H](C)c1ccco1. The molecule has 3 N–H and O–H groups in total. The van der Waals surface area contributed by atoms with Gasteiger partial charge in [0, 0.05) is 12.1 Å². The number of quaternary nitrogens is 1. The number of likely N-dealkylation sites (N-methyl/N-ethyl adjacent to an activating group) is 1. The number of methoxy groups -OCH3 is 1. The Hall–Kier alpha value is -2.51. The average molecular weight is 381 g/mol. The van der Waals surface area contributed by atoms with Crippen LogP contribution in [0.25, 0.3) is 0 Å². The molecule has 1 atom stereocenters. The lowest BCUT2D eigenvalue weighted by Crippen LogP contribution is -2.87. The molecular formula is C18H23ClN3O4+. The number of furan rings is 1. The Balaban J connectivity index is 1.84. The van der Waals surface area contributed by atoms with Gasteiger partial charge in [-0.2, -0.15) is 0 Å². The molecular weight excluding hydrogens is 358 g/mol. The summed E-state index contributed by atoms with van der Waals surface area (Å²) in [4.78, 5) is 25.8. The summed E-state index contributed by atoms with van der Waals surface area (Å²) in [6, 6.07) is 8.62. The number of hydrogen-bond donors (Lipinski definition) is 2. The Morgan fingerprint density at radius 2 is 2.15 bits per heavy atom. The number of carbonyl (C=O) groups is 2. The van der Waals surface area contributed by atoms with Crippen molar-refractivity contribution in [1.82, 2.24) is 4.90 Å². The van der Waals surface area contributed by atoms with E-state index < -0.39 is 0 Å². The van der Waals surface area contributed by atoms with Gasteiger partial charge in [0.15, 0.2) is 12.3 Å². The molecule has 0 saturated carbocycles. The van der Waals surface area contributed by atoms with Gasteiger partial charge in [-0.1, -0.05) is 11.6 Å². The van der Waals surface area contributed by atoms with Crippen molar-refractivity contribution >= 4 is 29.1 Å². The number of carbonyl (C=O) groups excluding carboxylic acids is 2. The molecule has 1 heterocycles. The first-order chi connectivity index (χ1) is 12.4. The first-order valence-electron chi connectivity index (χ1n) is 8.14. The molecule has 140 valence electrons. The van der Waals surface area contributed by atoms with Gasteiger partial charge in [-0.25, -0.2) is 0 Å². The van der Waals surface area contributed by atoms with Gasteiger partial charge >= 0.3 is 0 Å². The molecule has 0 unspecified atom stereocenters. The largest absolute Gasteiger partial charge is 0.495 e. The Kier molecular flexibility index (Phi) is 7.06. The normalized spacial score (nSPS) is 11.7. The maximum absolute atomic E-state index is 12.2. The van der Waals surface area contributed by atoms with Crippen molar-refractivity contribution in [2.24, 2.45) is 0 Å². The summed E-state index contributed by atoms with van der Waals surface area (Å²) in [7, 11) is 3.09. The Bertz CT molecular complexity index is 749. The van der Waals surface area contributed by atoms with E-state index in [4.69, 9.17) is 20.8 Å². The molecule has 2 rings (SSSR count). The molecule has 8 heteroatoms. The van der Waals surface area contributed by atoms with Crippen LogP contribution in [0.2, 0.25) is 5.02 Å². The predicted molar refractivity (Wildman–Crippen MR) is 98.2 cm³/mol. The average Bonchev–Trinajstić information content (AvgIpc) is 3.14. The summed E-state index contributed by atoms with van der Waals surface area (Å²) in [5, 5.41) is 5.04. The Labute approximate surface area is 157 Å². The smallest absolute Gasteiger partial charge is 0.277 e. The molecule has 1 aromatic heterocycles. The zero-order valence-electron chi connectivity index (χ0n) is 15.0. The highest BCUT2D eigenvalue weighted by molar-refractivity contribution is 6.31. The van der Waals surface area contributed by atoms with Gasteiger partial charge in [-0.15, -0.1) is 0 Å². The number of nitrogens with one attached hydrogen (secondary N) is 1. The lowest BCUT2D eigenvalue weighted by molar-refractivity contribution is -0.684. The maximum Gasteiger partial charge on any atom is 0.277 e. The number of amides is 2. The van der Waals surface area contributed by atoms with Gasteiger partial charge in [0.25, 0.3) is 5.91 Å². The van der Waals surface area contributed by atoms with E-state index in [1.807, 2.05) is 24.4 Å². The van der Waals surface area contributed by atoms with Crippen LogP contribution in [-0.4, -0.2) is 44.0 Å². The Morgan fingerprint density at radius 1 is 1.38 bits per heavy atom. The number of halogens is 1. The standard InChI is InChI=1S/C18H22ClN3O4/c1-12(15-5-4-8-26-15)20-10-18(24)22(2)11-17(23)21-14-9-13(19)6-7-16(14)25-3/h4-9,12,20H,10-11H2,1-3H3,(H,21,23)/p+1/t12-/m1/s1. The molecule has 2 aromatic rings. The molecule has 0 aliphatic heterocycles. The highest BCUT2D eigenvalue weighted by Crippen LogP contribution is 2.27. The molecule has 0 aliphatic rings. The van der Waals surface area contributed by atoms with E-state index >= 15 is 0 Å². The number of hydrogen-bond acceptors (Lipinski definition) is 4. The maximum atomic E-state index is 12.2. The quantitative estimate of drug-likeness (QED) is 0.729. The lowest BCUT2D eigenvalue weighted by atomic mass is 10.2. The third-order valence-electron chi connectivity index (χ3n) is 3.88. The third-order valence-corrected chi connectivity index (χ3v) is 4.12. The van der Waals surface area contributed by atoms with Crippen molar-refractivity contribution in [2.75, 3.05) is 32.6 Å². The van der Waals surface area contributed by atoms with Gasteiger partial charge in [-0.3, -0.25) is 9.59 Å². The molecule has 0 fully saturated rings. The summed E-state index contributed by atoms with van der Waals surface area (Å²) >= 11 is 5.94. The van der Waals surface area contributed by atoms with Crippen LogP contribution in [0.4, 0.5) is 5.69 Å². The van der Waals surface area contributed by atoms with Crippen molar-refractivity contribution in [3.8, 4) is 5.75 Å². The zero-order valence-corrected chi connectivity index (χ0v) is 15.7. The molecule has 0 saturated heterocycles. The van der Waals surface area contributed by atoms with Crippen molar-refractivity contribution in [2.45, 2.75) is 13.0 Å². The third kappa shape index (κ3) is 5.50. The number of benzene rings is 1. The van der Waals surface area contributed by atoms with E-state index in [-0.39, 0.29) is 30.9 Å². The van der Waals surface area contributed by atoms with E-state index in [1.165, 1.54) is 12.0 Å². The van der Waals surface area contributed by atoms with Crippen molar-refractivity contribution in [3.63, 3.8) is 0 Å². The van der Waals surface area contributed by atoms with Gasteiger partial charge in [0.2, 0.25) is 5.91 Å². The summed E-state index contributed by atoms with van der Waals surface area (Å²) < 4.78 is 10.5. The van der Waals surface area contributed by atoms with Crippen LogP contribution in [0.3, 0.4) is 0 Å². The molecule has 7 nitrogen and oxygen atoms in total. The second-order valence-electron chi connectivity index (χ2n) is 5.89. The first-order valence-corrected chi connectivity index (χ1v) is 8.52. The van der Waals surface area contributed by atoms with Crippen LogP contribution in [0.15, 0.2) is 41.0 Å². The van der Waals surface area contributed by atoms with Gasteiger partial charge in [0.1, 0.15) is 11.8 Å². The lowest BCUT2D eigenvalue weighted by Gasteiger charge is -2.17. The fraction of sp³-hybridized carbons (Fsp3) is 0.333. The van der Waals surface area contributed by atoms with Gasteiger partial charge < -0.3 is 24.7 Å². The zero-order chi connectivity index (χ0) is 19.1. The number of nitrogens with two attached hydrogens (primary N) is 1. The number of anilines is 1. The predicted octanol–water partition coefficient (Wildman–Crippen LogP) is 1.66. The Morgan fingerprint density at radius 3 is 2.81 bits per heavy atom. The fourth-order valence-electron chi connectivity index (χ4n) is 2.37. The molecule has 0 radical (unpaired) electrons.